The van der Waals surface area contributed by atoms with E-state index < -0.39 is 0 Å². The van der Waals surface area contributed by atoms with Crippen LogP contribution < -0.4 is 5.32 Å². The van der Waals surface area contributed by atoms with Gasteiger partial charge in [-0.1, -0.05) is 6.07 Å². The van der Waals surface area contributed by atoms with Gasteiger partial charge in [-0.25, -0.2) is 14.4 Å². The Morgan fingerprint density at radius 2 is 2.26 bits per heavy atom. The zero-order chi connectivity index (χ0) is 13.7. The van der Waals surface area contributed by atoms with Crippen molar-refractivity contribution in [2.75, 3.05) is 11.9 Å². The SMILES string of the molecule is CCNc1nc(CSc2cccc(F)c2)ncc1Br. The molecule has 1 aromatic heterocycles. The molecule has 1 aromatic carbocycles. The lowest BCUT2D eigenvalue weighted by atomic mass is 10.4. The summed E-state index contributed by atoms with van der Waals surface area (Å²) in [4.78, 5) is 9.53. The van der Waals surface area contributed by atoms with Gasteiger partial charge in [0.1, 0.15) is 17.5 Å². The normalized spacial score (nSPS) is 10.5. The molecule has 0 spiro atoms. The summed E-state index contributed by atoms with van der Waals surface area (Å²) in [7, 11) is 0. The number of nitrogens with zero attached hydrogens (tertiary/aromatic N) is 2. The molecule has 0 fully saturated rings. The minimum absolute atomic E-state index is 0.227. The van der Waals surface area contributed by atoms with Gasteiger partial charge < -0.3 is 5.32 Å². The van der Waals surface area contributed by atoms with Crippen LogP contribution in [0.2, 0.25) is 0 Å². The summed E-state index contributed by atoms with van der Waals surface area (Å²) in [6, 6.07) is 6.51. The van der Waals surface area contributed by atoms with E-state index in [-0.39, 0.29) is 5.82 Å². The van der Waals surface area contributed by atoms with Gasteiger partial charge in [-0.05, 0) is 41.1 Å². The highest BCUT2D eigenvalue weighted by Gasteiger charge is 2.05. The van der Waals surface area contributed by atoms with Crippen molar-refractivity contribution in [1.82, 2.24) is 9.97 Å². The molecule has 0 saturated heterocycles. The third kappa shape index (κ3) is 4.18. The van der Waals surface area contributed by atoms with E-state index in [4.69, 9.17) is 0 Å². The van der Waals surface area contributed by atoms with Gasteiger partial charge in [-0.15, -0.1) is 11.8 Å². The van der Waals surface area contributed by atoms with E-state index in [2.05, 4.69) is 31.2 Å². The summed E-state index contributed by atoms with van der Waals surface area (Å²) >= 11 is 4.91. The van der Waals surface area contributed by atoms with Crippen molar-refractivity contribution in [3.05, 3.63) is 46.6 Å². The number of thioether (sulfide) groups is 1. The van der Waals surface area contributed by atoms with E-state index in [1.807, 2.05) is 13.0 Å². The van der Waals surface area contributed by atoms with Crippen molar-refractivity contribution in [3.63, 3.8) is 0 Å². The molecule has 0 bridgehead atoms. The zero-order valence-electron chi connectivity index (χ0n) is 10.4. The van der Waals surface area contributed by atoms with Crippen molar-refractivity contribution in [2.45, 2.75) is 17.6 Å². The van der Waals surface area contributed by atoms with Gasteiger partial charge in [-0.3, -0.25) is 0 Å². The lowest BCUT2D eigenvalue weighted by Gasteiger charge is -2.07. The van der Waals surface area contributed by atoms with E-state index in [0.29, 0.717) is 11.6 Å². The Balaban J connectivity index is 2.05. The lowest BCUT2D eigenvalue weighted by molar-refractivity contribution is 0.624. The molecule has 3 nitrogen and oxygen atoms in total. The summed E-state index contributed by atoms with van der Waals surface area (Å²) in [5.74, 6) is 1.88. The smallest absolute Gasteiger partial charge is 0.144 e. The van der Waals surface area contributed by atoms with E-state index >= 15 is 0 Å². The standard InChI is InChI=1S/C13H13BrFN3S/c1-2-16-13-11(14)7-17-12(18-13)8-19-10-5-3-4-9(15)6-10/h3-7H,2,8H2,1H3,(H,16,17,18). The van der Waals surface area contributed by atoms with Crippen LogP contribution in [0.3, 0.4) is 0 Å². The molecule has 0 aliphatic rings. The number of nitrogens with one attached hydrogen (secondary N) is 1. The van der Waals surface area contributed by atoms with Crippen LogP contribution in [0.25, 0.3) is 0 Å². The Bertz CT molecular complexity index is 565. The maximum Gasteiger partial charge on any atom is 0.144 e. The van der Waals surface area contributed by atoms with E-state index in [1.54, 1.807) is 12.3 Å². The molecule has 0 unspecified atom stereocenters. The first-order valence-electron chi connectivity index (χ1n) is 5.82. The van der Waals surface area contributed by atoms with Crippen LogP contribution >= 0.6 is 27.7 Å². The minimum atomic E-state index is -0.227. The van der Waals surface area contributed by atoms with Gasteiger partial charge in [0.15, 0.2) is 0 Å². The van der Waals surface area contributed by atoms with Crippen molar-refractivity contribution in [2.24, 2.45) is 0 Å². The molecule has 0 aliphatic carbocycles. The van der Waals surface area contributed by atoms with Gasteiger partial charge in [-0.2, -0.15) is 0 Å². The summed E-state index contributed by atoms with van der Waals surface area (Å²) < 4.78 is 13.9. The summed E-state index contributed by atoms with van der Waals surface area (Å²) in [5, 5.41) is 3.16. The molecule has 100 valence electrons. The number of anilines is 1. The van der Waals surface area contributed by atoms with Crippen molar-refractivity contribution in [3.8, 4) is 0 Å². The summed E-state index contributed by atoms with van der Waals surface area (Å²) in [5.41, 5.74) is 0. The average Bonchev–Trinajstić information content (AvgIpc) is 2.40. The van der Waals surface area contributed by atoms with Gasteiger partial charge in [0.25, 0.3) is 0 Å². The molecule has 0 saturated carbocycles. The fourth-order valence-corrected chi connectivity index (χ4v) is 2.61. The maximum absolute atomic E-state index is 13.0. The van der Waals surface area contributed by atoms with Crippen LogP contribution in [0.1, 0.15) is 12.7 Å². The predicted molar refractivity (Wildman–Crippen MR) is 79.9 cm³/mol. The third-order valence-electron chi connectivity index (χ3n) is 2.30. The second-order valence-corrected chi connectivity index (χ2v) is 5.66. The molecule has 6 heteroatoms. The fourth-order valence-electron chi connectivity index (χ4n) is 1.47. The van der Waals surface area contributed by atoms with Crippen LogP contribution in [-0.2, 0) is 5.75 Å². The molecule has 19 heavy (non-hydrogen) atoms. The second-order valence-electron chi connectivity index (χ2n) is 3.76. The Labute approximate surface area is 124 Å². The fraction of sp³-hybridized carbons (Fsp3) is 0.231. The zero-order valence-corrected chi connectivity index (χ0v) is 12.8. The number of rotatable bonds is 5. The summed E-state index contributed by atoms with van der Waals surface area (Å²) in [6.07, 6.45) is 1.73. The number of halogens is 2. The topological polar surface area (TPSA) is 37.8 Å². The quantitative estimate of drug-likeness (QED) is 0.830. The van der Waals surface area contributed by atoms with Crippen LogP contribution in [0.4, 0.5) is 10.2 Å². The highest BCUT2D eigenvalue weighted by molar-refractivity contribution is 9.10. The molecule has 1 heterocycles. The van der Waals surface area contributed by atoms with Gasteiger partial charge in [0, 0.05) is 17.6 Å². The molecule has 0 radical (unpaired) electrons. The molecular weight excluding hydrogens is 329 g/mol. The van der Waals surface area contributed by atoms with Crippen molar-refractivity contribution in [1.29, 1.82) is 0 Å². The van der Waals surface area contributed by atoms with E-state index in [9.17, 15) is 4.39 Å². The predicted octanol–water partition coefficient (Wildman–Crippen LogP) is 4.10. The maximum atomic E-state index is 13.0. The Kier molecular flexibility index (Phi) is 5.15. The summed E-state index contributed by atoms with van der Waals surface area (Å²) in [6.45, 7) is 2.81. The molecule has 2 rings (SSSR count). The number of hydrogen-bond acceptors (Lipinski definition) is 4. The lowest BCUT2D eigenvalue weighted by Crippen LogP contribution is -2.03. The Morgan fingerprint density at radius 3 is 3.00 bits per heavy atom. The molecule has 0 aliphatic heterocycles. The van der Waals surface area contributed by atoms with Crippen molar-refractivity contribution < 1.29 is 4.39 Å². The first-order valence-corrected chi connectivity index (χ1v) is 7.60. The van der Waals surface area contributed by atoms with Gasteiger partial charge in [0.05, 0.1) is 10.2 Å². The average molecular weight is 342 g/mol. The highest BCUT2D eigenvalue weighted by atomic mass is 79.9. The first kappa shape index (κ1) is 14.3. The van der Waals surface area contributed by atoms with Gasteiger partial charge >= 0.3 is 0 Å². The van der Waals surface area contributed by atoms with Gasteiger partial charge in [0.2, 0.25) is 0 Å². The van der Waals surface area contributed by atoms with Crippen molar-refractivity contribution >= 4 is 33.5 Å². The number of hydrogen-bond donors (Lipinski definition) is 1. The first-order chi connectivity index (χ1) is 9.19. The van der Waals surface area contributed by atoms with E-state index in [1.165, 1.54) is 23.9 Å². The molecule has 2 aromatic rings. The third-order valence-corrected chi connectivity index (χ3v) is 3.87. The minimum Gasteiger partial charge on any atom is -0.369 e. The van der Waals surface area contributed by atoms with Crippen LogP contribution in [0.15, 0.2) is 39.8 Å². The molecule has 0 atom stereocenters. The largest absolute Gasteiger partial charge is 0.369 e. The molecular formula is C13H13BrFN3S. The number of benzene rings is 1. The Hall–Kier alpha value is -1.14. The molecule has 1 N–H and O–H groups in total. The van der Waals surface area contributed by atoms with Crippen LogP contribution in [0.5, 0.6) is 0 Å². The second kappa shape index (κ2) is 6.86. The van der Waals surface area contributed by atoms with Crippen LogP contribution in [0, 0.1) is 5.82 Å². The Morgan fingerprint density at radius 1 is 1.42 bits per heavy atom. The van der Waals surface area contributed by atoms with E-state index in [0.717, 1.165) is 21.7 Å². The number of aromatic nitrogens is 2. The molecule has 0 amide bonds. The highest BCUT2D eigenvalue weighted by Crippen LogP contribution is 2.24. The monoisotopic (exact) mass is 341 g/mol. The van der Waals surface area contributed by atoms with Crippen LogP contribution in [-0.4, -0.2) is 16.5 Å².